The van der Waals surface area contributed by atoms with Gasteiger partial charge in [-0.05, 0) is 37.5 Å². The molecular formula is C14H14FN3O2S. The molecule has 0 amide bonds. The fourth-order valence-corrected chi connectivity index (χ4v) is 2.91. The first kappa shape index (κ1) is 14.1. The first-order valence-electron chi connectivity index (χ1n) is 6.62. The summed E-state index contributed by atoms with van der Waals surface area (Å²) in [5, 5.41) is 17.6. The predicted molar refractivity (Wildman–Crippen MR) is 76.8 cm³/mol. The van der Waals surface area contributed by atoms with E-state index >= 15 is 0 Å². The molecule has 7 heteroatoms. The van der Waals surface area contributed by atoms with Crippen LogP contribution in [0, 0.1) is 12.7 Å². The summed E-state index contributed by atoms with van der Waals surface area (Å²) in [4.78, 5) is 10.7. The Morgan fingerprint density at radius 3 is 2.90 bits per heavy atom. The highest BCUT2D eigenvalue weighted by molar-refractivity contribution is 7.99. The highest BCUT2D eigenvalue weighted by Crippen LogP contribution is 2.41. The Bertz CT molecular complexity index is 698. The molecule has 0 bridgehead atoms. The maximum Gasteiger partial charge on any atom is 0.313 e. The largest absolute Gasteiger partial charge is 0.481 e. The zero-order chi connectivity index (χ0) is 15.0. The molecule has 1 aliphatic carbocycles. The lowest BCUT2D eigenvalue weighted by atomic mass is 10.1. The van der Waals surface area contributed by atoms with E-state index in [1.165, 1.54) is 12.1 Å². The standard InChI is InChI=1S/C14H14FN3O2S/c1-8-2-3-9(15)6-11(8)13-16-17-14(21-7-12(19)20)18(13)10-4-5-10/h2-3,6,10H,4-5,7H2,1H3,(H,19,20). The monoisotopic (exact) mass is 307 g/mol. The molecule has 1 N–H and O–H groups in total. The molecule has 21 heavy (non-hydrogen) atoms. The van der Waals surface area contributed by atoms with Gasteiger partial charge < -0.3 is 5.11 Å². The summed E-state index contributed by atoms with van der Waals surface area (Å²) in [6.45, 7) is 1.89. The Hall–Kier alpha value is -1.89. The molecule has 0 aliphatic heterocycles. The number of hydrogen-bond donors (Lipinski definition) is 1. The SMILES string of the molecule is Cc1ccc(F)cc1-c1nnc(SCC(=O)O)n1C1CC1. The van der Waals surface area contributed by atoms with Crippen molar-refractivity contribution in [3.05, 3.63) is 29.6 Å². The molecule has 2 aromatic rings. The van der Waals surface area contributed by atoms with Crippen molar-refractivity contribution in [3.8, 4) is 11.4 Å². The van der Waals surface area contributed by atoms with Gasteiger partial charge in [0.25, 0.3) is 0 Å². The predicted octanol–water partition coefficient (Wildman–Crippen LogP) is 2.90. The number of aromatic nitrogens is 3. The van der Waals surface area contributed by atoms with Crippen LogP contribution in [0.1, 0.15) is 24.4 Å². The Morgan fingerprint density at radius 2 is 2.24 bits per heavy atom. The van der Waals surface area contributed by atoms with Gasteiger partial charge in [0.1, 0.15) is 5.82 Å². The van der Waals surface area contributed by atoms with E-state index in [4.69, 9.17) is 5.11 Å². The van der Waals surface area contributed by atoms with E-state index in [-0.39, 0.29) is 17.6 Å². The maximum absolute atomic E-state index is 13.5. The molecule has 1 saturated carbocycles. The molecule has 1 fully saturated rings. The molecule has 0 saturated heterocycles. The van der Waals surface area contributed by atoms with Gasteiger partial charge in [-0.25, -0.2) is 4.39 Å². The van der Waals surface area contributed by atoms with Crippen molar-refractivity contribution in [3.63, 3.8) is 0 Å². The van der Waals surface area contributed by atoms with Crippen LogP contribution in [0.4, 0.5) is 4.39 Å². The summed E-state index contributed by atoms with van der Waals surface area (Å²) in [5.41, 5.74) is 1.62. The van der Waals surface area contributed by atoms with Gasteiger partial charge in [0.05, 0.1) is 5.75 Å². The van der Waals surface area contributed by atoms with Gasteiger partial charge in [0.15, 0.2) is 11.0 Å². The molecule has 0 unspecified atom stereocenters. The fraction of sp³-hybridized carbons (Fsp3) is 0.357. The van der Waals surface area contributed by atoms with Gasteiger partial charge >= 0.3 is 5.97 Å². The smallest absolute Gasteiger partial charge is 0.313 e. The van der Waals surface area contributed by atoms with Gasteiger partial charge in [0.2, 0.25) is 0 Å². The third-order valence-corrected chi connectivity index (χ3v) is 4.27. The Kier molecular flexibility index (Phi) is 3.67. The van der Waals surface area contributed by atoms with E-state index in [1.807, 2.05) is 11.5 Å². The normalized spacial score (nSPS) is 14.4. The lowest BCUT2D eigenvalue weighted by Crippen LogP contribution is -2.04. The maximum atomic E-state index is 13.5. The molecule has 0 spiro atoms. The van der Waals surface area contributed by atoms with Crippen LogP contribution in [0.15, 0.2) is 23.4 Å². The van der Waals surface area contributed by atoms with Crippen molar-refractivity contribution in [2.45, 2.75) is 31.0 Å². The van der Waals surface area contributed by atoms with Crippen LogP contribution in [0.25, 0.3) is 11.4 Å². The Labute approximate surface area is 125 Å². The van der Waals surface area contributed by atoms with E-state index in [9.17, 15) is 9.18 Å². The van der Waals surface area contributed by atoms with Gasteiger partial charge in [-0.2, -0.15) is 0 Å². The number of rotatable bonds is 5. The molecule has 110 valence electrons. The van der Waals surface area contributed by atoms with Crippen molar-refractivity contribution in [1.82, 2.24) is 14.8 Å². The van der Waals surface area contributed by atoms with E-state index in [1.54, 1.807) is 6.07 Å². The molecule has 3 rings (SSSR count). The molecular weight excluding hydrogens is 293 g/mol. The van der Waals surface area contributed by atoms with Crippen LogP contribution in [-0.2, 0) is 4.79 Å². The fourth-order valence-electron chi connectivity index (χ4n) is 2.18. The third kappa shape index (κ3) is 2.92. The third-order valence-electron chi connectivity index (χ3n) is 3.34. The second-order valence-corrected chi connectivity index (χ2v) is 5.99. The van der Waals surface area contributed by atoms with Gasteiger partial charge in [-0.3, -0.25) is 9.36 Å². The van der Waals surface area contributed by atoms with Crippen molar-refractivity contribution in [1.29, 1.82) is 0 Å². The zero-order valence-electron chi connectivity index (χ0n) is 11.4. The first-order valence-corrected chi connectivity index (χ1v) is 7.61. The van der Waals surface area contributed by atoms with E-state index in [0.717, 1.165) is 30.2 Å². The van der Waals surface area contributed by atoms with Crippen molar-refractivity contribution in [2.24, 2.45) is 0 Å². The molecule has 0 atom stereocenters. The number of halogens is 1. The summed E-state index contributed by atoms with van der Waals surface area (Å²) in [6.07, 6.45) is 2.03. The molecule has 1 aliphatic rings. The van der Waals surface area contributed by atoms with Crippen LogP contribution in [0.5, 0.6) is 0 Å². The molecule has 5 nitrogen and oxygen atoms in total. The van der Waals surface area contributed by atoms with Crippen LogP contribution >= 0.6 is 11.8 Å². The quantitative estimate of drug-likeness (QED) is 0.860. The number of carboxylic acids is 1. The van der Waals surface area contributed by atoms with Gasteiger partial charge in [0, 0.05) is 11.6 Å². The van der Waals surface area contributed by atoms with Crippen molar-refractivity contribution < 1.29 is 14.3 Å². The molecule has 1 heterocycles. The number of hydrogen-bond acceptors (Lipinski definition) is 4. The van der Waals surface area contributed by atoms with E-state index < -0.39 is 5.97 Å². The van der Waals surface area contributed by atoms with E-state index in [0.29, 0.717) is 16.5 Å². The summed E-state index contributed by atoms with van der Waals surface area (Å²) >= 11 is 1.15. The minimum absolute atomic E-state index is 0.0625. The number of carbonyl (C=O) groups is 1. The Morgan fingerprint density at radius 1 is 1.48 bits per heavy atom. The molecule has 1 aromatic heterocycles. The average molecular weight is 307 g/mol. The Balaban J connectivity index is 2.02. The number of thioether (sulfide) groups is 1. The minimum Gasteiger partial charge on any atom is -0.481 e. The molecule has 1 aromatic carbocycles. The second kappa shape index (κ2) is 5.48. The highest BCUT2D eigenvalue weighted by Gasteiger charge is 2.30. The van der Waals surface area contributed by atoms with Crippen LogP contribution in [-0.4, -0.2) is 31.6 Å². The number of aliphatic carboxylic acids is 1. The lowest BCUT2D eigenvalue weighted by Gasteiger charge is -2.10. The number of benzene rings is 1. The highest BCUT2D eigenvalue weighted by atomic mass is 32.2. The number of nitrogens with zero attached hydrogens (tertiary/aromatic N) is 3. The average Bonchev–Trinajstić information content (AvgIpc) is 3.19. The number of aryl methyl sites for hydroxylation is 1. The van der Waals surface area contributed by atoms with Crippen LogP contribution in [0.3, 0.4) is 0 Å². The molecule has 0 radical (unpaired) electrons. The zero-order valence-corrected chi connectivity index (χ0v) is 12.2. The topological polar surface area (TPSA) is 68.0 Å². The van der Waals surface area contributed by atoms with Gasteiger partial charge in [-0.15, -0.1) is 10.2 Å². The lowest BCUT2D eigenvalue weighted by molar-refractivity contribution is -0.133. The van der Waals surface area contributed by atoms with Crippen LogP contribution in [0.2, 0.25) is 0 Å². The van der Waals surface area contributed by atoms with E-state index in [2.05, 4.69) is 10.2 Å². The van der Waals surface area contributed by atoms with Crippen LogP contribution < -0.4 is 0 Å². The summed E-state index contributed by atoms with van der Waals surface area (Å²) < 4.78 is 15.4. The van der Waals surface area contributed by atoms with Gasteiger partial charge in [-0.1, -0.05) is 17.8 Å². The second-order valence-electron chi connectivity index (χ2n) is 5.05. The summed E-state index contributed by atoms with van der Waals surface area (Å²) in [7, 11) is 0. The minimum atomic E-state index is -0.895. The first-order chi connectivity index (χ1) is 10.1. The van der Waals surface area contributed by atoms with Crippen molar-refractivity contribution >= 4 is 17.7 Å². The van der Waals surface area contributed by atoms with Crippen molar-refractivity contribution in [2.75, 3.05) is 5.75 Å². The summed E-state index contributed by atoms with van der Waals surface area (Å²) in [6, 6.07) is 4.86. The number of carboxylic acid groups (broad SMARTS) is 1. The summed E-state index contributed by atoms with van der Waals surface area (Å²) in [5.74, 6) is -0.663.